The molecule has 0 aliphatic heterocycles. The number of pyridine rings is 1. The summed E-state index contributed by atoms with van der Waals surface area (Å²) in [7, 11) is 0. The van der Waals surface area contributed by atoms with Gasteiger partial charge in [-0.3, -0.25) is 4.98 Å². The summed E-state index contributed by atoms with van der Waals surface area (Å²) in [4.78, 5) is 4.14. The van der Waals surface area contributed by atoms with Crippen LogP contribution in [0, 0.1) is 0 Å². The van der Waals surface area contributed by atoms with Gasteiger partial charge in [-0.2, -0.15) is 0 Å². The molecule has 0 unspecified atom stereocenters. The first kappa shape index (κ1) is 15.3. The van der Waals surface area contributed by atoms with Crippen molar-refractivity contribution in [1.82, 2.24) is 10.3 Å². The fourth-order valence-corrected chi connectivity index (χ4v) is 2.21. The van der Waals surface area contributed by atoms with Crippen LogP contribution in [0.25, 0.3) is 0 Å². The Kier molecular flexibility index (Phi) is 5.14. The van der Waals surface area contributed by atoms with E-state index >= 15 is 0 Å². The largest absolute Gasteiger partial charge is 0.409 e. The highest BCUT2D eigenvalue weighted by atomic mass is 35.5. The number of nitrogens with two attached hydrogens (primary N) is 1. The van der Waals surface area contributed by atoms with Gasteiger partial charge < -0.3 is 16.3 Å². The second kappa shape index (κ2) is 7.06. The summed E-state index contributed by atoms with van der Waals surface area (Å²) in [5, 5.41) is 15.9. The fourth-order valence-electron chi connectivity index (χ4n) is 2.02. The molecule has 110 valence electrons. The van der Waals surface area contributed by atoms with Gasteiger partial charge in [-0.15, -0.1) is 0 Å². The zero-order valence-corrected chi connectivity index (χ0v) is 12.4. The quantitative estimate of drug-likeness (QED) is 0.343. The van der Waals surface area contributed by atoms with Crippen LogP contribution in [0.1, 0.15) is 29.8 Å². The van der Waals surface area contributed by atoms with Crippen molar-refractivity contribution >= 4 is 17.4 Å². The summed E-state index contributed by atoms with van der Waals surface area (Å²) < 4.78 is 0. The van der Waals surface area contributed by atoms with E-state index in [1.165, 1.54) is 0 Å². The highest BCUT2D eigenvalue weighted by molar-refractivity contribution is 6.30. The molecule has 6 heteroatoms. The van der Waals surface area contributed by atoms with Gasteiger partial charge in [-0.05, 0) is 36.2 Å². The van der Waals surface area contributed by atoms with Gasteiger partial charge >= 0.3 is 0 Å². The van der Waals surface area contributed by atoms with Crippen molar-refractivity contribution in [3.63, 3.8) is 0 Å². The third kappa shape index (κ3) is 3.93. The highest BCUT2D eigenvalue weighted by Gasteiger charge is 2.10. The van der Waals surface area contributed by atoms with Crippen molar-refractivity contribution in [3.8, 4) is 0 Å². The van der Waals surface area contributed by atoms with Crippen LogP contribution in [0.5, 0.6) is 0 Å². The highest BCUT2D eigenvalue weighted by Crippen LogP contribution is 2.18. The van der Waals surface area contributed by atoms with Crippen LogP contribution < -0.4 is 11.1 Å². The number of rotatable bonds is 5. The van der Waals surface area contributed by atoms with Crippen LogP contribution in [0.15, 0.2) is 47.8 Å². The smallest absolute Gasteiger partial charge is 0.189 e. The van der Waals surface area contributed by atoms with Gasteiger partial charge in [0.05, 0.1) is 0 Å². The second-order valence-electron chi connectivity index (χ2n) is 4.65. The Morgan fingerprint density at radius 3 is 2.95 bits per heavy atom. The predicted octanol–water partition coefficient (Wildman–Crippen LogP) is 2.68. The van der Waals surface area contributed by atoms with E-state index in [-0.39, 0.29) is 11.9 Å². The number of aromatic nitrogens is 1. The van der Waals surface area contributed by atoms with Crippen LogP contribution in [0.4, 0.5) is 0 Å². The zero-order chi connectivity index (χ0) is 15.2. The van der Waals surface area contributed by atoms with Gasteiger partial charge in [-0.1, -0.05) is 35.0 Å². The number of oxime groups is 1. The number of halogens is 1. The minimum absolute atomic E-state index is 0.00260. The van der Waals surface area contributed by atoms with Crippen LogP contribution in [-0.4, -0.2) is 16.0 Å². The fraction of sp³-hybridized carbons (Fsp3) is 0.200. The molecule has 1 heterocycles. The normalized spacial score (nSPS) is 13.1. The van der Waals surface area contributed by atoms with E-state index in [0.717, 1.165) is 11.1 Å². The molecule has 0 bridgehead atoms. The van der Waals surface area contributed by atoms with Crippen molar-refractivity contribution in [3.05, 3.63) is 64.4 Å². The van der Waals surface area contributed by atoms with Gasteiger partial charge in [0.2, 0.25) is 0 Å². The monoisotopic (exact) mass is 304 g/mol. The maximum atomic E-state index is 8.79. The van der Waals surface area contributed by atoms with Crippen LogP contribution >= 0.6 is 11.6 Å². The van der Waals surface area contributed by atoms with E-state index < -0.39 is 0 Å². The molecule has 4 N–H and O–H groups in total. The van der Waals surface area contributed by atoms with Gasteiger partial charge in [0.1, 0.15) is 5.69 Å². The molecule has 1 aromatic carbocycles. The minimum atomic E-state index is 0.00260. The molecule has 0 spiro atoms. The average molecular weight is 305 g/mol. The summed E-state index contributed by atoms with van der Waals surface area (Å²) in [5.74, 6) is 0.00260. The number of hydrogen-bond donors (Lipinski definition) is 3. The van der Waals surface area contributed by atoms with Crippen molar-refractivity contribution in [2.45, 2.75) is 19.5 Å². The lowest BCUT2D eigenvalue weighted by atomic mass is 10.1. The number of nitrogens with zero attached hydrogens (tertiary/aromatic N) is 2. The van der Waals surface area contributed by atoms with Crippen LogP contribution in [-0.2, 0) is 6.54 Å². The Morgan fingerprint density at radius 1 is 1.43 bits per heavy atom. The lowest BCUT2D eigenvalue weighted by Gasteiger charge is -2.15. The maximum absolute atomic E-state index is 8.79. The number of hydrogen-bond acceptors (Lipinski definition) is 4. The summed E-state index contributed by atoms with van der Waals surface area (Å²) >= 11 is 5.99. The standard InChI is InChI=1S/C15H17ClN4O/c1-10(11-4-2-6-13(16)8-11)19-9-12-5-3-7-18-14(12)15(17)20-21/h2-8,10,19,21H,9H2,1H3,(H2,17,20)/t10-/m1/s1. The zero-order valence-electron chi connectivity index (χ0n) is 11.6. The summed E-state index contributed by atoms with van der Waals surface area (Å²) in [6.45, 7) is 2.60. The van der Waals surface area contributed by atoms with Crippen molar-refractivity contribution < 1.29 is 5.21 Å². The van der Waals surface area contributed by atoms with Crippen LogP contribution in [0.3, 0.4) is 0 Å². The molecule has 0 fully saturated rings. The molecule has 2 rings (SSSR count). The van der Waals surface area contributed by atoms with Crippen molar-refractivity contribution in [2.75, 3.05) is 0 Å². The molecule has 0 radical (unpaired) electrons. The Bertz CT molecular complexity index is 645. The van der Waals surface area contributed by atoms with Gasteiger partial charge in [0.25, 0.3) is 0 Å². The van der Waals surface area contributed by atoms with E-state index in [2.05, 4.69) is 15.5 Å². The molecule has 5 nitrogen and oxygen atoms in total. The Labute approximate surface area is 128 Å². The Balaban J connectivity index is 2.10. The molecule has 0 aliphatic carbocycles. The first-order chi connectivity index (χ1) is 10.1. The van der Waals surface area contributed by atoms with Crippen LogP contribution in [0.2, 0.25) is 5.02 Å². The van der Waals surface area contributed by atoms with Crippen molar-refractivity contribution in [1.29, 1.82) is 0 Å². The predicted molar refractivity (Wildman–Crippen MR) is 83.5 cm³/mol. The molecule has 1 aromatic heterocycles. The van der Waals surface area contributed by atoms with Gasteiger partial charge in [-0.25, -0.2) is 0 Å². The second-order valence-corrected chi connectivity index (χ2v) is 5.09. The molecule has 21 heavy (non-hydrogen) atoms. The molecule has 2 aromatic rings. The Morgan fingerprint density at radius 2 is 2.24 bits per heavy atom. The lowest BCUT2D eigenvalue weighted by Crippen LogP contribution is -2.23. The molecule has 0 amide bonds. The topological polar surface area (TPSA) is 83.5 Å². The van der Waals surface area contributed by atoms with Gasteiger partial charge in [0, 0.05) is 23.8 Å². The summed E-state index contributed by atoms with van der Waals surface area (Å²) in [6.07, 6.45) is 1.61. The number of nitrogens with one attached hydrogen (secondary N) is 1. The molecule has 0 saturated heterocycles. The first-order valence-corrected chi connectivity index (χ1v) is 6.90. The van der Waals surface area contributed by atoms with Gasteiger partial charge in [0.15, 0.2) is 5.84 Å². The SMILES string of the molecule is C[C@@H](NCc1cccnc1/C(N)=N/O)c1cccc(Cl)c1. The van der Waals surface area contributed by atoms with E-state index in [0.29, 0.717) is 17.3 Å². The number of amidine groups is 1. The third-order valence-corrected chi connectivity index (χ3v) is 3.42. The minimum Gasteiger partial charge on any atom is -0.409 e. The Hall–Kier alpha value is -2.11. The summed E-state index contributed by atoms with van der Waals surface area (Å²) in [6, 6.07) is 11.5. The molecular weight excluding hydrogens is 288 g/mol. The molecule has 0 saturated carbocycles. The number of benzene rings is 1. The molecular formula is C15H17ClN4O. The average Bonchev–Trinajstić information content (AvgIpc) is 2.52. The summed E-state index contributed by atoms with van der Waals surface area (Å²) in [5.41, 5.74) is 8.06. The molecule has 1 atom stereocenters. The van der Waals surface area contributed by atoms with Crippen molar-refractivity contribution in [2.24, 2.45) is 10.9 Å². The third-order valence-electron chi connectivity index (χ3n) is 3.19. The first-order valence-electron chi connectivity index (χ1n) is 6.52. The van der Waals surface area contributed by atoms with E-state index in [1.807, 2.05) is 43.3 Å². The lowest BCUT2D eigenvalue weighted by molar-refractivity contribution is 0.318. The maximum Gasteiger partial charge on any atom is 0.189 e. The van der Waals surface area contributed by atoms with E-state index in [4.69, 9.17) is 22.5 Å². The van der Waals surface area contributed by atoms with E-state index in [9.17, 15) is 0 Å². The van der Waals surface area contributed by atoms with E-state index in [1.54, 1.807) is 6.20 Å². The molecule has 0 aliphatic rings.